The highest BCUT2D eigenvalue weighted by Crippen LogP contribution is 2.34. The van der Waals surface area contributed by atoms with Crippen molar-refractivity contribution < 1.29 is 9.59 Å². The quantitative estimate of drug-likeness (QED) is 0.597. The van der Waals surface area contributed by atoms with Crippen molar-refractivity contribution in [3.8, 4) is 0 Å². The molecule has 5 heteroatoms. The van der Waals surface area contributed by atoms with E-state index in [1.54, 1.807) is 0 Å². The molecule has 90 valence electrons. The second kappa shape index (κ2) is 4.82. The maximum Gasteiger partial charge on any atom is 0.239 e. The van der Waals surface area contributed by atoms with E-state index in [4.69, 9.17) is 0 Å². The maximum absolute atomic E-state index is 11.8. The van der Waals surface area contributed by atoms with Crippen LogP contribution in [0.4, 0.5) is 0 Å². The van der Waals surface area contributed by atoms with E-state index in [-0.39, 0.29) is 24.4 Å². The SMILES string of the molecule is CCCC1CC1NC(=O)C1CNC(=O)CN1. The molecule has 16 heavy (non-hydrogen) atoms. The van der Waals surface area contributed by atoms with Crippen molar-refractivity contribution in [3.05, 3.63) is 0 Å². The molecule has 0 aromatic carbocycles. The molecule has 0 aromatic heterocycles. The molecule has 1 aliphatic heterocycles. The van der Waals surface area contributed by atoms with Gasteiger partial charge in [0.25, 0.3) is 0 Å². The summed E-state index contributed by atoms with van der Waals surface area (Å²) >= 11 is 0. The third kappa shape index (κ3) is 2.72. The second-order valence-electron chi connectivity index (χ2n) is 4.64. The average Bonchev–Trinajstić information content (AvgIpc) is 2.98. The van der Waals surface area contributed by atoms with Crippen molar-refractivity contribution in [1.82, 2.24) is 16.0 Å². The Labute approximate surface area is 95.3 Å². The van der Waals surface area contributed by atoms with Crippen LogP contribution in [0, 0.1) is 5.92 Å². The Morgan fingerprint density at radius 1 is 1.56 bits per heavy atom. The minimum atomic E-state index is -0.263. The van der Waals surface area contributed by atoms with Gasteiger partial charge in [0, 0.05) is 12.6 Å². The number of hydrogen-bond donors (Lipinski definition) is 3. The number of rotatable bonds is 4. The molecule has 0 radical (unpaired) electrons. The lowest BCUT2D eigenvalue weighted by Crippen LogP contribution is -2.58. The van der Waals surface area contributed by atoms with Gasteiger partial charge < -0.3 is 10.6 Å². The van der Waals surface area contributed by atoms with Gasteiger partial charge >= 0.3 is 0 Å². The summed E-state index contributed by atoms with van der Waals surface area (Å²) in [4.78, 5) is 22.7. The number of carbonyl (C=O) groups excluding carboxylic acids is 2. The molecule has 3 N–H and O–H groups in total. The predicted octanol–water partition coefficient (Wildman–Crippen LogP) is -0.621. The summed E-state index contributed by atoms with van der Waals surface area (Å²) in [7, 11) is 0. The Bertz CT molecular complexity index is 283. The average molecular weight is 225 g/mol. The minimum Gasteiger partial charge on any atom is -0.353 e. The Kier molecular flexibility index (Phi) is 3.43. The smallest absolute Gasteiger partial charge is 0.239 e. The van der Waals surface area contributed by atoms with Crippen LogP contribution in [0.5, 0.6) is 0 Å². The van der Waals surface area contributed by atoms with Gasteiger partial charge in [-0.3, -0.25) is 14.9 Å². The molecule has 3 unspecified atom stereocenters. The first-order valence-corrected chi connectivity index (χ1v) is 6.01. The first kappa shape index (κ1) is 11.4. The van der Waals surface area contributed by atoms with Gasteiger partial charge in [0.15, 0.2) is 0 Å². The lowest BCUT2D eigenvalue weighted by atomic mass is 10.2. The Balaban J connectivity index is 1.70. The summed E-state index contributed by atoms with van der Waals surface area (Å²) in [6, 6.07) is 0.104. The maximum atomic E-state index is 11.8. The summed E-state index contributed by atoms with van der Waals surface area (Å²) in [5.74, 6) is 0.648. The summed E-state index contributed by atoms with van der Waals surface area (Å²) in [5.41, 5.74) is 0. The zero-order valence-corrected chi connectivity index (χ0v) is 9.58. The van der Waals surface area contributed by atoms with Gasteiger partial charge in [0.05, 0.1) is 6.54 Å². The van der Waals surface area contributed by atoms with Crippen LogP contribution >= 0.6 is 0 Å². The van der Waals surface area contributed by atoms with Gasteiger partial charge in [-0.25, -0.2) is 0 Å². The number of piperazine rings is 1. The minimum absolute atomic E-state index is 0.0172. The van der Waals surface area contributed by atoms with Gasteiger partial charge in [-0.1, -0.05) is 13.3 Å². The van der Waals surface area contributed by atoms with E-state index in [1.807, 2.05) is 0 Å². The molecule has 2 amide bonds. The molecular weight excluding hydrogens is 206 g/mol. The molecule has 0 aromatic rings. The van der Waals surface area contributed by atoms with Crippen LogP contribution in [0.2, 0.25) is 0 Å². The van der Waals surface area contributed by atoms with Gasteiger partial charge in [-0.2, -0.15) is 0 Å². The number of hydrogen-bond acceptors (Lipinski definition) is 3. The molecule has 0 bridgehead atoms. The lowest BCUT2D eigenvalue weighted by molar-refractivity contribution is -0.126. The van der Waals surface area contributed by atoms with Crippen LogP contribution in [0.1, 0.15) is 26.2 Å². The van der Waals surface area contributed by atoms with Crippen LogP contribution in [0.15, 0.2) is 0 Å². The molecule has 0 spiro atoms. The molecule has 5 nitrogen and oxygen atoms in total. The lowest BCUT2D eigenvalue weighted by Gasteiger charge is -2.23. The molecule has 1 saturated carbocycles. The van der Waals surface area contributed by atoms with Gasteiger partial charge in [-0.15, -0.1) is 0 Å². The fourth-order valence-electron chi connectivity index (χ4n) is 2.15. The zero-order chi connectivity index (χ0) is 11.5. The van der Waals surface area contributed by atoms with E-state index in [9.17, 15) is 9.59 Å². The number of amides is 2. The Morgan fingerprint density at radius 2 is 2.38 bits per heavy atom. The normalized spacial score (nSPS) is 33.1. The van der Waals surface area contributed by atoms with Crippen molar-refractivity contribution in [1.29, 1.82) is 0 Å². The molecule has 2 fully saturated rings. The molecule has 1 saturated heterocycles. The highest BCUT2D eigenvalue weighted by molar-refractivity contribution is 5.87. The van der Waals surface area contributed by atoms with Crippen molar-refractivity contribution in [2.24, 2.45) is 5.92 Å². The standard InChI is InChI=1S/C11H19N3O2/c1-2-3-7-4-8(7)14-11(16)9-5-13-10(15)6-12-9/h7-9,12H,2-6H2,1H3,(H,13,15)(H,14,16). The Morgan fingerprint density at radius 3 is 3.00 bits per heavy atom. The largest absolute Gasteiger partial charge is 0.353 e. The van der Waals surface area contributed by atoms with Gasteiger partial charge in [-0.05, 0) is 18.8 Å². The van der Waals surface area contributed by atoms with E-state index < -0.39 is 0 Å². The van der Waals surface area contributed by atoms with Crippen molar-refractivity contribution in [3.63, 3.8) is 0 Å². The van der Waals surface area contributed by atoms with E-state index in [0.29, 0.717) is 18.5 Å². The summed E-state index contributed by atoms with van der Waals surface area (Å²) in [6.45, 7) is 2.80. The number of nitrogens with one attached hydrogen (secondary N) is 3. The number of carbonyl (C=O) groups is 2. The van der Waals surface area contributed by atoms with Crippen LogP contribution in [-0.2, 0) is 9.59 Å². The van der Waals surface area contributed by atoms with E-state index in [1.165, 1.54) is 12.8 Å². The van der Waals surface area contributed by atoms with E-state index >= 15 is 0 Å². The summed E-state index contributed by atoms with van der Waals surface area (Å²) in [6.07, 6.45) is 3.48. The van der Waals surface area contributed by atoms with Crippen LogP contribution in [-0.4, -0.2) is 37.0 Å². The fourth-order valence-corrected chi connectivity index (χ4v) is 2.15. The molecule has 1 heterocycles. The highest BCUT2D eigenvalue weighted by atomic mass is 16.2. The zero-order valence-electron chi connectivity index (χ0n) is 9.58. The van der Waals surface area contributed by atoms with Crippen LogP contribution in [0.25, 0.3) is 0 Å². The predicted molar refractivity (Wildman–Crippen MR) is 59.7 cm³/mol. The summed E-state index contributed by atoms with van der Waals surface area (Å²) < 4.78 is 0. The first-order chi connectivity index (χ1) is 7.70. The molecule has 2 aliphatic rings. The molecule has 3 atom stereocenters. The van der Waals surface area contributed by atoms with E-state index in [2.05, 4.69) is 22.9 Å². The van der Waals surface area contributed by atoms with E-state index in [0.717, 1.165) is 6.42 Å². The second-order valence-corrected chi connectivity index (χ2v) is 4.64. The van der Waals surface area contributed by atoms with Crippen LogP contribution < -0.4 is 16.0 Å². The monoisotopic (exact) mass is 225 g/mol. The van der Waals surface area contributed by atoms with Gasteiger partial charge in [0.2, 0.25) is 11.8 Å². The van der Waals surface area contributed by atoms with Crippen LogP contribution in [0.3, 0.4) is 0 Å². The third-order valence-electron chi connectivity index (χ3n) is 3.24. The molecular formula is C11H19N3O2. The molecule has 1 aliphatic carbocycles. The van der Waals surface area contributed by atoms with Crippen molar-refractivity contribution in [2.75, 3.05) is 13.1 Å². The molecule has 2 rings (SSSR count). The summed E-state index contributed by atoms with van der Waals surface area (Å²) in [5, 5.41) is 8.63. The first-order valence-electron chi connectivity index (χ1n) is 6.01. The Hall–Kier alpha value is -1.10. The highest BCUT2D eigenvalue weighted by Gasteiger charge is 2.38. The topological polar surface area (TPSA) is 70.2 Å². The van der Waals surface area contributed by atoms with Crippen molar-refractivity contribution in [2.45, 2.75) is 38.3 Å². The van der Waals surface area contributed by atoms with Crippen molar-refractivity contribution >= 4 is 11.8 Å². The fraction of sp³-hybridized carbons (Fsp3) is 0.818. The van der Waals surface area contributed by atoms with Gasteiger partial charge in [0.1, 0.15) is 6.04 Å². The third-order valence-corrected chi connectivity index (χ3v) is 3.24.